The number of nitrogens with one attached hydrogen (secondary N) is 1. The van der Waals surface area contributed by atoms with Gasteiger partial charge < -0.3 is 5.32 Å². The van der Waals surface area contributed by atoms with E-state index in [0.717, 1.165) is 28.2 Å². The number of primary sulfonamides is 1. The summed E-state index contributed by atoms with van der Waals surface area (Å²) in [6.07, 6.45) is 2.89. The molecule has 0 spiro atoms. The molecule has 0 radical (unpaired) electrons. The summed E-state index contributed by atoms with van der Waals surface area (Å²) in [5.74, 6) is -0.229. The summed E-state index contributed by atoms with van der Waals surface area (Å²) >= 11 is 0.862. The number of aryl methyl sites for hydroxylation is 1. The van der Waals surface area contributed by atoms with Gasteiger partial charge in [0.2, 0.25) is 15.9 Å². The zero-order chi connectivity index (χ0) is 21.9. The second-order valence-corrected chi connectivity index (χ2v) is 9.73. The molecule has 1 aromatic carbocycles. The van der Waals surface area contributed by atoms with Crippen LogP contribution in [-0.2, 0) is 20.2 Å². The molecule has 3 aromatic rings. The third kappa shape index (κ3) is 4.28. The number of nitrogens with two attached hydrogens (primary N) is 1. The highest BCUT2D eigenvalue weighted by Crippen LogP contribution is 2.35. The van der Waals surface area contributed by atoms with Crippen molar-refractivity contribution in [3.8, 4) is 11.3 Å². The molecule has 3 N–H and O–H groups in total. The lowest BCUT2D eigenvalue weighted by Gasteiger charge is -2.30. The molecule has 2 heterocycles. The summed E-state index contributed by atoms with van der Waals surface area (Å²) in [5.41, 5.74) is 2.21. The van der Waals surface area contributed by atoms with Gasteiger partial charge in [0.05, 0.1) is 16.8 Å². The number of carbonyl (C=O) groups is 1. The maximum atomic E-state index is 13.3. The molecule has 7 nitrogen and oxygen atoms in total. The predicted octanol–water partition coefficient (Wildman–Crippen LogP) is 3.86. The van der Waals surface area contributed by atoms with Crippen LogP contribution in [-0.4, -0.2) is 24.3 Å². The predicted molar refractivity (Wildman–Crippen MR) is 119 cm³/mol. The zero-order valence-electron chi connectivity index (χ0n) is 17.0. The van der Waals surface area contributed by atoms with Crippen LogP contribution in [0.4, 0.5) is 5.13 Å². The topological polar surface area (TPSA) is 115 Å². The Balaban J connectivity index is 1.91. The fraction of sp³-hybridized carbons (Fsp3) is 0.286. The number of aromatic nitrogens is 2. The summed E-state index contributed by atoms with van der Waals surface area (Å²) in [6.45, 7) is 5.46. The van der Waals surface area contributed by atoms with Crippen LogP contribution in [0, 0.1) is 6.92 Å². The van der Waals surface area contributed by atoms with Crippen molar-refractivity contribution in [3.63, 3.8) is 0 Å². The average molecular weight is 445 g/mol. The summed E-state index contributed by atoms with van der Waals surface area (Å²) in [5, 5.41) is 8.24. The number of sulfonamides is 1. The molecule has 30 heavy (non-hydrogen) atoms. The van der Waals surface area contributed by atoms with Gasteiger partial charge >= 0.3 is 0 Å². The minimum Gasteiger partial charge on any atom is -0.301 e. The Morgan fingerprint density at radius 1 is 1.13 bits per heavy atom. The summed E-state index contributed by atoms with van der Waals surface area (Å²) in [4.78, 5) is 21.8. The highest BCUT2D eigenvalue weighted by molar-refractivity contribution is 7.91. The number of rotatable bonds is 7. The third-order valence-corrected chi connectivity index (χ3v) is 7.90. The second kappa shape index (κ2) is 8.63. The van der Waals surface area contributed by atoms with Crippen LogP contribution in [0.5, 0.6) is 0 Å². The number of carbonyl (C=O) groups excluding carboxylic acids is 1. The van der Waals surface area contributed by atoms with Crippen molar-refractivity contribution in [2.45, 2.75) is 43.2 Å². The lowest BCUT2D eigenvalue weighted by atomic mass is 9.75. The molecule has 0 aliphatic heterocycles. The number of nitrogens with zero attached hydrogens (tertiary/aromatic N) is 2. The molecule has 0 unspecified atom stereocenters. The molecule has 0 aliphatic carbocycles. The molecule has 0 aliphatic rings. The molecule has 0 atom stereocenters. The van der Waals surface area contributed by atoms with Gasteiger partial charge in [0.15, 0.2) is 9.34 Å². The average Bonchev–Trinajstić information content (AvgIpc) is 3.11. The number of pyridine rings is 1. The molecular weight excluding hydrogens is 420 g/mol. The molecule has 2 aromatic heterocycles. The lowest BCUT2D eigenvalue weighted by molar-refractivity contribution is -0.121. The van der Waals surface area contributed by atoms with Crippen molar-refractivity contribution < 1.29 is 13.2 Å². The van der Waals surface area contributed by atoms with Gasteiger partial charge in [-0.1, -0.05) is 55.5 Å². The fourth-order valence-corrected chi connectivity index (χ4v) is 5.37. The Hall–Kier alpha value is -2.62. The van der Waals surface area contributed by atoms with Crippen LogP contribution >= 0.6 is 11.3 Å². The van der Waals surface area contributed by atoms with Gasteiger partial charge in [-0.3, -0.25) is 9.78 Å². The molecular formula is C21H24N4O3S2. The number of anilines is 1. The molecule has 9 heteroatoms. The van der Waals surface area contributed by atoms with E-state index in [1.165, 1.54) is 0 Å². The van der Waals surface area contributed by atoms with Gasteiger partial charge in [-0.2, -0.15) is 0 Å². The number of hydrogen-bond donors (Lipinski definition) is 2. The first kappa shape index (κ1) is 22.1. The first-order valence-electron chi connectivity index (χ1n) is 9.55. The number of amides is 1. The maximum absolute atomic E-state index is 13.3. The van der Waals surface area contributed by atoms with Gasteiger partial charge in [-0.25, -0.2) is 18.5 Å². The van der Waals surface area contributed by atoms with Gasteiger partial charge in [0, 0.05) is 11.8 Å². The van der Waals surface area contributed by atoms with Crippen molar-refractivity contribution >= 4 is 32.4 Å². The molecule has 0 bridgehead atoms. The minimum absolute atomic E-state index is 0.0453. The van der Waals surface area contributed by atoms with E-state index in [1.807, 2.05) is 56.3 Å². The zero-order valence-corrected chi connectivity index (χ0v) is 18.7. The summed E-state index contributed by atoms with van der Waals surface area (Å²) in [6, 6.07) is 13.5. The second-order valence-electron chi connectivity index (χ2n) is 6.97. The van der Waals surface area contributed by atoms with Crippen molar-refractivity contribution in [2.75, 3.05) is 5.32 Å². The number of hydrogen-bond acceptors (Lipinski definition) is 6. The highest BCUT2D eigenvalue weighted by Gasteiger charge is 2.37. The van der Waals surface area contributed by atoms with Crippen LogP contribution in [0.3, 0.4) is 0 Å². The van der Waals surface area contributed by atoms with E-state index in [-0.39, 0.29) is 20.9 Å². The standard InChI is InChI=1S/C21H24N4O3S2/c1-4-21(5-2,16-11-9-15(10-12-16)17-8-6-7-13-23-17)19(26)25-20-24-14(3)18(29-20)30(22,27)28/h6-13H,4-5H2,1-3H3,(H2,22,27,28)(H,24,25,26). The van der Waals surface area contributed by atoms with Crippen molar-refractivity contribution in [1.29, 1.82) is 0 Å². The van der Waals surface area contributed by atoms with E-state index in [2.05, 4.69) is 15.3 Å². The van der Waals surface area contributed by atoms with Crippen molar-refractivity contribution in [2.24, 2.45) is 5.14 Å². The largest absolute Gasteiger partial charge is 0.301 e. The Kier molecular flexibility index (Phi) is 6.35. The van der Waals surface area contributed by atoms with E-state index in [1.54, 1.807) is 13.1 Å². The summed E-state index contributed by atoms with van der Waals surface area (Å²) < 4.78 is 23.3. The molecule has 1 amide bonds. The van der Waals surface area contributed by atoms with E-state index in [0.29, 0.717) is 12.8 Å². The first-order chi connectivity index (χ1) is 14.2. The Labute approximate surface area is 180 Å². The third-order valence-electron chi connectivity index (χ3n) is 5.27. The molecule has 158 valence electrons. The summed E-state index contributed by atoms with van der Waals surface area (Å²) in [7, 11) is -3.88. The highest BCUT2D eigenvalue weighted by atomic mass is 32.2. The van der Waals surface area contributed by atoms with Crippen LogP contribution < -0.4 is 10.5 Å². The quantitative estimate of drug-likeness (QED) is 0.574. The van der Waals surface area contributed by atoms with Gasteiger partial charge in [-0.15, -0.1) is 0 Å². The number of thiazole rings is 1. The smallest absolute Gasteiger partial charge is 0.249 e. The Morgan fingerprint density at radius 3 is 2.30 bits per heavy atom. The Morgan fingerprint density at radius 2 is 1.80 bits per heavy atom. The van der Waals surface area contributed by atoms with Gasteiger partial charge in [0.25, 0.3) is 0 Å². The SMILES string of the molecule is CCC(CC)(C(=O)Nc1nc(C)c(S(N)(=O)=O)s1)c1ccc(-c2ccccn2)cc1. The van der Waals surface area contributed by atoms with Crippen molar-refractivity contribution in [1.82, 2.24) is 9.97 Å². The van der Waals surface area contributed by atoms with Crippen molar-refractivity contribution in [3.05, 3.63) is 59.9 Å². The van der Waals surface area contributed by atoms with Crippen LogP contribution in [0.1, 0.15) is 37.9 Å². The van der Waals surface area contributed by atoms with E-state index >= 15 is 0 Å². The molecule has 0 fully saturated rings. The van der Waals surface area contributed by atoms with Crippen LogP contribution in [0.15, 0.2) is 52.9 Å². The van der Waals surface area contributed by atoms with Crippen LogP contribution in [0.25, 0.3) is 11.3 Å². The monoisotopic (exact) mass is 444 g/mol. The van der Waals surface area contributed by atoms with E-state index in [4.69, 9.17) is 5.14 Å². The first-order valence-corrected chi connectivity index (χ1v) is 11.9. The number of benzene rings is 1. The minimum atomic E-state index is -3.88. The molecule has 0 saturated carbocycles. The van der Waals surface area contributed by atoms with E-state index in [9.17, 15) is 13.2 Å². The fourth-order valence-electron chi connectivity index (χ4n) is 3.52. The molecule has 0 saturated heterocycles. The molecule has 3 rings (SSSR count). The van der Waals surface area contributed by atoms with Gasteiger partial charge in [0.1, 0.15) is 0 Å². The maximum Gasteiger partial charge on any atom is 0.249 e. The van der Waals surface area contributed by atoms with Gasteiger partial charge in [-0.05, 0) is 37.5 Å². The lowest BCUT2D eigenvalue weighted by Crippen LogP contribution is -2.39. The Bertz CT molecular complexity index is 1140. The van der Waals surface area contributed by atoms with E-state index < -0.39 is 15.4 Å². The normalized spacial score (nSPS) is 12.0. The van der Waals surface area contributed by atoms with Crippen LogP contribution in [0.2, 0.25) is 0 Å².